The van der Waals surface area contributed by atoms with Gasteiger partial charge in [-0.3, -0.25) is 0 Å². The maximum Gasteiger partial charge on any atom is 0.407 e. The van der Waals surface area contributed by atoms with E-state index in [4.69, 9.17) is 9.47 Å². The van der Waals surface area contributed by atoms with Crippen molar-refractivity contribution in [1.29, 1.82) is 0 Å². The van der Waals surface area contributed by atoms with E-state index < -0.39 is 12.2 Å². The van der Waals surface area contributed by atoms with Gasteiger partial charge in [-0.05, 0) is 22.3 Å². The van der Waals surface area contributed by atoms with E-state index in [1.807, 2.05) is 24.3 Å². The highest BCUT2D eigenvalue weighted by atomic mass is 16.6. The van der Waals surface area contributed by atoms with E-state index in [1.165, 1.54) is 28.3 Å². The number of rotatable bonds is 6. The molecule has 0 saturated carbocycles. The van der Waals surface area contributed by atoms with Crippen LogP contribution < -0.4 is 16.0 Å². The predicted octanol–water partition coefficient (Wildman–Crippen LogP) is 2.78. The lowest BCUT2D eigenvalue weighted by molar-refractivity contribution is 0.135. The normalized spacial score (nSPS) is 19.5. The van der Waals surface area contributed by atoms with Crippen LogP contribution in [0, 0.1) is 0 Å². The molecule has 2 atom stereocenters. The predicted molar refractivity (Wildman–Crippen MR) is 113 cm³/mol. The molecule has 0 radical (unpaired) electrons. The number of ether oxygens (including phenoxy) is 2. The molecule has 0 aromatic heterocycles. The van der Waals surface area contributed by atoms with E-state index in [1.54, 1.807) is 0 Å². The van der Waals surface area contributed by atoms with Crippen LogP contribution in [0.1, 0.15) is 17.0 Å². The van der Waals surface area contributed by atoms with Crippen molar-refractivity contribution in [2.24, 2.45) is 0 Å². The molecule has 7 nitrogen and oxygen atoms in total. The number of alkyl carbamates (subject to hydrolysis) is 2. The molecule has 0 unspecified atom stereocenters. The van der Waals surface area contributed by atoms with Gasteiger partial charge in [-0.2, -0.15) is 0 Å². The lowest BCUT2D eigenvalue weighted by atomic mass is 9.98. The first-order valence-electron chi connectivity index (χ1n) is 10.0. The zero-order valence-corrected chi connectivity index (χ0v) is 16.6. The van der Waals surface area contributed by atoms with Crippen LogP contribution in [0.2, 0.25) is 0 Å². The molecule has 1 saturated heterocycles. The van der Waals surface area contributed by atoms with E-state index in [-0.39, 0.29) is 31.2 Å². The zero-order chi connectivity index (χ0) is 20.9. The molecule has 156 valence electrons. The molecule has 2 aromatic rings. The van der Waals surface area contributed by atoms with Crippen LogP contribution in [0.15, 0.2) is 61.2 Å². The second kappa shape index (κ2) is 9.00. The van der Waals surface area contributed by atoms with Gasteiger partial charge in [0, 0.05) is 19.0 Å². The summed E-state index contributed by atoms with van der Waals surface area (Å²) in [5, 5.41) is 8.75. The quantitative estimate of drug-likeness (QED) is 0.641. The first-order chi connectivity index (χ1) is 14.7. The molecule has 0 bridgehead atoms. The lowest BCUT2D eigenvalue weighted by Gasteiger charge is -2.21. The van der Waals surface area contributed by atoms with Gasteiger partial charge < -0.3 is 25.4 Å². The van der Waals surface area contributed by atoms with Crippen LogP contribution >= 0.6 is 0 Å². The van der Waals surface area contributed by atoms with Gasteiger partial charge in [-0.15, -0.1) is 0 Å². The van der Waals surface area contributed by atoms with Crippen molar-refractivity contribution in [3.8, 4) is 11.1 Å². The van der Waals surface area contributed by atoms with Gasteiger partial charge in [0.1, 0.15) is 13.2 Å². The number of carbonyl (C=O) groups is 2. The summed E-state index contributed by atoms with van der Waals surface area (Å²) in [5.74, 6) is 0.00709. The zero-order valence-electron chi connectivity index (χ0n) is 16.6. The number of fused-ring (bicyclic) bond motifs is 3. The molecule has 1 fully saturated rings. The largest absolute Gasteiger partial charge is 0.449 e. The number of nitrogens with one attached hydrogen (secondary N) is 3. The third-order valence-corrected chi connectivity index (χ3v) is 5.50. The van der Waals surface area contributed by atoms with Crippen LogP contribution in [0.3, 0.4) is 0 Å². The Morgan fingerprint density at radius 2 is 1.47 bits per heavy atom. The fourth-order valence-corrected chi connectivity index (χ4v) is 4.10. The molecule has 0 spiro atoms. The number of hydrogen-bond donors (Lipinski definition) is 3. The van der Waals surface area contributed by atoms with E-state index in [9.17, 15) is 9.59 Å². The van der Waals surface area contributed by atoms with Crippen LogP contribution in [0.5, 0.6) is 0 Å². The van der Waals surface area contributed by atoms with Crippen molar-refractivity contribution in [2.45, 2.75) is 18.0 Å². The van der Waals surface area contributed by atoms with Crippen molar-refractivity contribution < 1.29 is 19.1 Å². The van der Waals surface area contributed by atoms with Crippen LogP contribution in [-0.4, -0.2) is 50.6 Å². The summed E-state index contributed by atoms with van der Waals surface area (Å²) in [6.07, 6.45) is 0.457. The van der Waals surface area contributed by atoms with Gasteiger partial charge in [0.15, 0.2) is 0 Å². The molecule has 4 rings (SSSR count). The second-order valence-electron chi connectivity index (χ2n) is 7.37. The molecule has 2 aromatic carbocycles. The molecule has 7 heteroatoms. The molecule has 2 amide bonds. The average molecular weight is 407 g/mol. The van der Waals surface area contributed by atoms with Crippen LogP contribution in [-0.2, 0) is 9.47 Å². The van der Waals surface area contributed by atoms with Gasteiger partial charge in [-0.1, -0.05) is 61.2 Å². The first-order valence-corrected chi connectivity index (χ1v) is 10.0. The third kappa shape index (κ3) is 4.16. The Morgan fingerprint density at radius 3 is 2.03 bits per heavy atom. The highest BCUT2D eigenvalue weighted by molar-refractivity contribution is 5.79. The first kappa shape index (κ1) is 20.0. The van der Waals surface area contributed by atoms with Crippen LogP contribution in [0.25, 0.3) is 11.1 Å². The van der Waals surface area contributed by atoms with Crippen molar-refractivity contribution in [3.05, 3.63) is 72.3 Å². The highest BCUT2D eigenvalue weighted by Gasteiger charge is 2.32. The molecule has 1 aliphatic carbocycles. The van der Waals surface area contributed by atoms with Crippen molar-refractivity contribution in [2.75, 3.05) is 26.3 Å². The SMILES string of the molecule is C=CCOC(=O)N[C@@H]1CNC[C@H]1NC(=O)OCC1c2ccccc2-c2ccccc21. The summed E-state index contributed by atoms with van der Waals surface area (Å²) < 4.78 is 10.5. The smallest absolute Gasteiger partial charge is 0.407 e. The molecule has 3 N–H and O–H groups in total. The monoisotopic (exact) mass is 407 g/mol. The summed E-state index contributed by atoms with van der Waals surface area (Å²) in [4.78, 5) is 24.2. The Balaban J connectivity index is 1.35. The third-order valence-electron chi connectivity index (χ3n) is 5.50. The Morgan fingerprint density at radius 1 is 0.933 bits per heavy atom. The molecule has 1 aliphatic heterocycles. The summed E-state index contributed by atoms with van der Waals surface area (Å²) >= 11 is 0. The number of amides is 2. The Hall–Kier alpha value is -3.32. The maximum absolute atomic E-state index is 12.5. The summed E-state index contributed by atoms with van der Waals surface area (Å²) in [6, 6.07) is 15.8. The molecular formula is C23H25N3O4. The topological polar surface area (TPSA) is 88.7 Å². The van der Waals surface area contributed by atoms with Gasteiger partial charge in [0.2, 0.25) is 0 Å². The minimum Gasteiger partial charge on any atom is -0.449 e. The Bertz CT molecular complexity index is 900. The number of carbonyl (C=O) groups excluding carboxylic acids is 2. The van der Waals surface area contributed by atoms with E-state index in [2.05, 4.69) is 46.8 Å². The maximum atomic E-state index is 12.5. The summed E-state index contributed by atoms with van der Waals surface area (Å²) in [7, 11) is 0. The van der Waals surface area contributed by atoms with Crippen molar-refractivity contribution in [1.82, 2.24) is 16.0 Å². The number of hydrogen-bond acceptors (Lipinski definition) is 5. The fourth-order valence-electron chi connectivity index (χ4n) is 4.10. The summed E-state index contributed by atoms with van der Waals surface area (Å²) in [5.41, 5.74) is 4.70. The molecule has 30 heavy (non-hydrogen) atoms. The van der Waals surface area contributed by atoms with E-state index >= 15 is 0 Å². The Labute approximate surface area is 175 Å². The minimum atomic E-state index is -0.539. The lowest BCUT2D eigenvalue weighted by Crippen LogP contribution is -2.51. The standard InChI is InChI=1S/C23H25N3O4/c1-2-11-29-22(27)25-20-12-24-13-21(20)26-23(28)30-14-19-17-9-5-3-7-15(17)16-8-4-6-10-18(16)19/h2-10,19-21,24H,1,11-14H2,(H,25,27)(H,26,28)/t20-,21-/m1/s1. The molecular weight excluding hydrogens is 382 g/mol. The van der Waals surface area contributed by atoms with Gasteiger partial charge in [0.05, 0.1) is 12.1 Å². The number of benzene rings is 2. The molecule has 1 heterocycles. The highest BCUT2D eigenvalue weighted by Crippen LogP contribution is 2.44. The van der Waals surface area contributed by atoms with E-state index in [0.29, 0.717) is 13.1 Å². The van der Waals surface area contributed by atoms with E-state index in [0.717, 1.165) is 0 Å². The Kier molecular flexibility index (Phi) is 5.99. The van der Waals surface area contributed by atoms with Crippen molar-refractivity contribution in [3.63, 3.8) is 0 Å². The van der Waals surface area contributed by atoms with Gasteiger partial charge >= 0.3 is 12.2 Å². The molecule has 2 aliphatic rings. The van der Waals surface area contributed by atoms with Crippen LogP contribution in [0.4, 0.5) is 9.59 Å². The fraction of sp³-hybridized carbons (Fsp3) is 0.304. The van der Waals surface area contributed by atoms with Gasteiger partial charge in [0.25, 0.3) is 0 Å². The minimum absolute atomic E-state index is 0.00709. The van der Waals surface area contributed by atoms with Crippen molar-refractivity contribution >= 4 is 12.2 Å². The summed E-state index contributed by atoms with van der Waals surface area (Å²) in [6.45, 7) is 4.97. The second-order valence-corrected chi connectivity index (χ2v) is 7.37. The average Bonchev–Trinajstić information content (AvgIpc) is 3.32. The van der Waals surface area contributed by atoms with Gasteiger partial charge in [-0.25, -0.2) is 9.59 Å².